The van der Waals surface area contributed by atoms with E-state index in [-0.39, 0.29) is 5.91 Å². The van der Waals surface area contributed by atoms with Crippen molar-refractivity contribution in [3.8, 4) is 0 Å². The molecule has 2 aromatic rings. The first kappa shape index (κ1) is 13.1. The van der Waals surface area contributed by atoms with E-state index in [4.69, 9.17) is 4.42 Å². The molecule has 2 N–H and O–H groups in total. The van der Waals surface area contributed by atoms with Gasteiger partial charge >= 0.3 is 0 Å². The number of hydrogen-bond acceptors (Lipinski definition) is 5. The smallest absolute Gasteiger partial charge is 0.271 e. The molecule has 19 heavy (non-hydrogen) atoms. The van der Waals surface area contributed by atoms with Crippen LogP contribution in [0.15, 0.2) is 35.2 Å². The van der Waals surface area contributed by atoms with Gasteiger partial charge in [-0.1, -0.05) is 0 Å². The van der Waals surface area contributed by atoms with Gasteiger partial charge in [0.15, 0.2) is 0 Å². The van der Waals surface area contributed by atoms with Gasteiger partial charge in [-0.2, -0.15) is 0 Å². The average molecular weight is 260 g/mol. The first-order valence-electron chi connectivity index (χ1n) is 6.16. The lowest BCUT2D eigenvalue weighted by atomic mass is 10.3. The number of nitrogens with zero attached hydrogens (tertiary/aromatic N) is 2. The molecule has 0 aliphatic carbocycles. The lowest BCUT2D eigenvalue weighted by Crippen LogP contribution is -2.26. The van der Waals surface area contributed by atoms with Gasteiger partial charge in [0.2, 0.25) is 0 Å². The number of anilines is 1. The highest BCUT2D eigenvalue weighted by Gasteiger charge is 2.08. The fourth-order valence-electron chi connectivity index (χ4n) is 1.59. The molecule has 6 heteroatoms. The molecule has 0 aliphatic heterocycles. The molecule has 2 heterocycles. The minimum atomic E-state index is -0.237. The van der Waals surface area contributed by atoms with Crippen molar-refractivity contribution in [3.05, 3.63) is 42.2 Å². The summed E-state index contributed by atoms with van der Waals surface area (Å²) in [5.74, 6) is 1.20. The van der Waals surface area contributed by atoms with Crippen LogP contribution in [-0.2, 0) is 6.42 Å². The van der Waals surface area contributed by atoms with Crippen molar-refractivity contribution in [1.82, 2.24) is 15.3 Å². The van der Waals surface area contributed by atoms with Gasteiger partial charge in [-0.15, -0.1) is 0 Å². The number of amides is 1. The van der Waals surface area contributed by atoms with Crippen LogP contribution < -0.4 is 10.6 Å². The summed E-state index contributed by atoms with van der Waals surface area (Å²) >= 11 is 0. The van der Waals surface area contributed by atoms with Crippen molar-refractivity contribution >= 4 is 11.7 Å². The van der Waals surface area contributed by atoms with Gasteiger partial charge in [0.05, 0.1) is 18.7 Å². The van der Waals surface area contributed by atoms with Crippen molar-refractivity contribution in [1.29, 1.82) is 0 Å². The lowest BCUT2D eigenvalue weighted by Gasteiger charge is -2.05. The Hall–Kier alpha value is -2.37. The number of hydrogen-bond donors (Lipinski definition) is 2. The minimum Gasteiger partial charge on any atom is -0.469 e. The van der Waals surface area contributed by atoms with E-state index in [9.17, 15) is 4.79 Å². The molecule has 2 aromatic heterocycles. The second kappa shape index (κ2) is 6.53. The molecule has 0 bridgehead atoms. The van der Waals surface area contributed by atoms with Gasteiger partial charge in [0, 0.05) is 19.5 Å². The van der Waals surface area contributed by atoms with Crippen LogP contribution >= 0.6 is 0 Å². The zero-order valence-corrected chi connectivity index (χ0v) is 10.7. The molecule has 0 radical (unpaired) electrons. The molecule has 0 atom stereocenters. The molecule has 0 aromatic carbocycles. The van der Waals surface area contributed by atoms with Gasteiger partial charge < -0.3 is 15.1 Å². The molecule has 0 unspecified atom stereocenters. The van der Waals surface area contributed by atoms with E-state index in [1.807, 2.05) is 19.1 Å². The van der Waals surface area contributed by atoms with E-state index < -0.39 is 0 Å². The van der Waals surface area contributed by atoms with Gasteiger partial charge in [-0.25, -0.2) is 4.98 Å². The summed E-state index contributed by atoms with van der Waals surface area (Å²) < 4.78 is 5.18. The number of aromatic nitrogens is 2. The number of rotatable bonds is 6. The largest absolute Gasteiger partial charge is 0.469 e. The van der Waals surface area contributed by atoms with Crippen LogP contribution in [0, 0.1) is 0 Å². The summed E-state index contributed by atoms with van der Waals surface area (Å²) in [6.45, 7) is 3.19. The zero-order chi connectivity index (χ0) is 13.5. The van der Waals surface area contributed by atoms with E-state index in [1.165, 1.54) is 6.20 Å². The summed E-state index contributed by atoms with van der Waals surface area (Å²) in [6, 6.07) is 3.69. The van der Waals surface area contributed by atoms with Gasteiger partial charge in [-0.3, -0.25) is 9.78 Å². The Bertz CT molecular complexity index is 525. The molecule has 0 aliphatic rings. The quantitative estimate of drug-likeness (QED) is 0.822. The number of carbonyl (C=O) groups excluding carboxylic acids is 1. The first-order valence-corrected chi connectivity index (χ1v) is 6.16. The van der Waals surface area contributed by atoms with Gasteiger partial charge in [0.25, 0.3) is 5.91 Å². The Balaban J connectivity index is 1.87. The van der Waals surface area contributed by atoms with Crippen LogP contribution in [0.1, 0.15) is 23.2 Å². The third kappa shape index (κ3) is 3.80. The van der Waals surface area contributed by atoms with E-state index in [0.717, 1.165) is 12.3 Å². The van der Waals surface area contributed by atoms with Crippen molar-refractivity contribution in [3.63, 3.8) is 0 Å². The monoisotopic (exact) mass is 260 g/mol. The van der Waals surface area contributed by atoms with Crippen molar-refractivity contribution in [2.24, 2.45) is 0 Å². The molecule has 0 saturated carbocycles. The van der Waals surface area contributed by atoms with Crippen molar-refractivity contribution < 1.29 is 9.21 Å². The lowest BCUT2D eigenvalue weighted by molar-refractivity contribution is 0.0948. The Kier molecular flexibility index (Phi) is 4.49. The molecule has 1 amide bonds. The van der Waals surface area contributed by atoms with Gasteiger partial charge in [0.1, 0.15) is 17.3 Å². The maximum Gasteiger partial charge on any atom is 0.271 e. The number of carbonyl (C=O) groups is 1. The highest BCUT2D eigenvalue weighted by molar-refractivity contribution is 5.92. The fourth-order valence-corrected chi connectivity index (χ4v) is 1.59. The highest BCUT2D eigenvalue weighted by atomic mass is 16.3. The Morgan fingerprint density at radius 1 is 1.42 bits per heavy atom. The van der Waals surface area contributed by atoms with Crippen LogP contribution in [0.2, 0.25) is 0 Å². The minimum absolute atomic E-state index is 0.237. The normalized spacial score (nSPS) is 10.2. The van der Waals surface area contributed by atoms with E-state index in [2.05, 4.69) is 20.6 Å². The second-order valence-electron chi connectivity index (χ2n) is 3.91. The molecular formula is C13H16N4O2. The Morgan fingerprint density at radius 3 is 3.05 bits per heavy atom. The van der Waals surface area contributed by atoms with Crippen molar-refractivity contribution in [2.45, 2.75) is 13.3 Å². The Morgan fingerprint density at radius 2 is 2.32 bits per heavy atom. The second-order valence-corrected chi connectivity index (χ2v) is 3.91. The Labute approximate surface area is 111 Å². The maximum atomic E-state index is 11.9. The summed E-state index contributed by atoms with van der Waals surface area (Å²) in [4.78, 5) is 20.0. The molecular weight excluding hydrogens is 244 g/mol. The van der Waals surface area contributed by atoms with E-state index in [0.29, 0.717) is 24.5 Å². The van der Waals surface area contributed by atoms with Crippen LogP contribution in [0.25, 0.3) is 0 Å². The number of furan rings is 1. The standard InChI is InChI=1S/C13H16N4O2/c1-2-15-12-9-14-8-11(17-12)13(18)16-6-5-10-4-3-7-19-10/h3-4,7-9H,2,5-6H2,1H3,(H,15,17)(H,16,18). The highest BCUT2D eigenvalue weighted by Crippen LogP contribution is 2.02. The van der Waals surface area contributed by atoms with Crippen LogP contribution in [-0.4, -0.2) is 29.0 Å². The number of nitrogens with one attached hydrogen (secondary N) is 2. The third-order valence-corrected chi connectivity index (χ3v) is 2.46. The summed E-state index contributed by atoms with van der Waals surface area (Å²) in [5.41, 5.74) is 0.304. The third-order valence-electron chi connectivity index (χ3n) is 2.46. The summed E-state index contributed by atoms with van der Waals surface area (Å²) in [6.07, 6.45) is 5.30. The van der Waals surface area contributed by atoms with Crippen LogP contribution in [0.5, 0.6) is 0 Å². The molecule has 0 fully saturated rings. The molecule has 2 rings (SSSR count). The zero-order valence-electron chi connectivity index (χ0n) is 10.7. The topological polar surface area (TPSA) is 80.0 Å². The maximum absolute atomic E-state index is 11.9. The fraction of sp³-hybridized carbons (Fsp3) is 0.308. The average Bonchev–Trinajstić information content (AvgIpc) is 2.92. The SMILES string of the molecule is CCNc1cncc(C(=O)NCCc2ccco2)n1. The first-order chi connectivity index (χ1) is 9.29. The van der Waals surface area contributed by atoms with Crippen LogP contribution in [0.3, 0.4) is 0 Å². The molecule has 100 valence electrons. The molecule has 0 saturated heterocycles. The van der Waals surface area contributed by atoms with Crippen molar-refractivity contribution in [2.75, 3.05) is 18.4 Å². The summed E-state index contributed by atoms with van der Waals surface area (Å²) in [7, 11) is 0. The van der Waals surface area contributed by atoms with Gasteiger partial charge in [-0.05, 0) is 19.1 Å². The van der Waals surface area contributed by atoms with Crippen LogP contribution in [0.4, 0.5) is 5.82 Å². The predicted molar refractivity (Wildman–Crippen MR) is 70.9 cm³/mol. The predicted octanol–water partition coefficient (Wildman–Crippen LogP) is 1.47. The van der Waals surface area contributed by atoms with E-state index in [1.54, 1.807) is 12.5 Å². The van der Waals surface area contributed by atoms with E-state index >= 15 is 0 Å². The summed E-state index contributed by atoms with van der Waals surface area (Å²) in [5, 5.41) is 5.79. The molecule has 6 nitrogen and oxygen atoms in total. The molecule has 0 spiro atoms.